The van der Waals surface area contributed by atoms with Gasteiger partial charge >= 0.3 is 0 Å². The first kappa shape index (κ1) is 12.5. The number of hydrogen-bond donors (Lipinski definition) is 0. The molecule has 2 heterocycles. The van der Waals surface area contributed by atoms with Gasteiger partial charge in [-0.15, -0.1) is 0 Å². The highest BCUT2D eigenvalue weighted by molar-refractivity contribution is 8.31. The molecule has 0 amide bonds. The molecule has 0 bridgehead atoms. The Morgan fingerprint density at radius 2 is 1.05 bits per heavy atom. The summed E-state index contributed by atoms with van der Waals surface area (Å²) in [6.07, 6.45) is 0. The van der Waals surface area contributed by atoms with Gasteiger partial charge in [0, 0.05) is 0 Å². The fourth-order valence-corrected chi connectivity index (χ4v) is 8.66. The van der Waals surface area contributed by atoms with Crippen LogP contribution in [0.2, 0.25) is 0 Å². The lowest BCUT2D eigenvalue weighted by Crippen LogP contribution is -2.05. The molecule has 1 spiro atoms. The number of aryl methyl sites for hydroxylation is 2. The van der Waals surface area contributed by atoms with Crippen LogP contribution in [0.4, 0.5) is 0 Å². The molecule has 5 heteroatoms. The van der Waals surface area contributed by atoms with Gasteiger partial charge in [-0.25, -0.2) is 0 Å². The highest BCUT2D eigenvalue weighted by atomic mass is 32.3. The van der Waals surface area contributed by atoms with E-state index in [1.807, 2.05) is 47.8 Å². The van der Waals surface area contributed by atoms with E-state index in [9.17, 15) is 0 Å². The van der Waals surface area contributed by atoms with Crippen molar-refractivity contribution in [2.24, 2.45) is 0 Å². The van der Waals surface area contributed by atoms with Crippen LogP contribution in [0, 0.1) is 13.8 Å². The zero-order valence-electron chi connectivity index (χ0n) is 10.5. The lowest BCUT2D eigenvalue weighted by Gasteiger charge is -2.14. The Labute approximate surface area is 130 Å². The molecule has 0 saturated heterocycles. The van der Waals surface area contributed by atoms with Crippen LogP contribution < -0.4 is 0 Å². The van der Waals surface area contributed by atoms with E-state index in [2.05, 4.69) is 50.2 Å². The fourth-order valence-electron chi connectivity index (χ4n) is 2.12. The van der Waals surface area contributed by atoms with Gasteiger partial charge < -0.3 is 0 Å². The van der Waals surface area contributed by atoms with E-state index in [0.29, 0.717) is 0 Å². The van der Waals surface area contributed by atoms with Gasteiger partial charge in [-0.3, -0.25) is 0 Å². The number of hydrogen-bond acceptors (Lipinski definition) is 4. The van der Waals surface area contributed by atoms with Crippen LogP contribution in [0.3, 0.4) is 0 Å². The van der Waals surface area contributed by atoms with Crippen molar-refractivity contribution in [2.45, 2.75) is 33.4 Å². The summed E-state index contributed by atoms with van der Waals surface area (Å²) in [6.45, 7) is 4.33. The second-order valence-electron chi connectivity index (χ2n) is 4.71. The Hall–Kier alpha value is -0.200. The van der Waals surface area contributed by atoms with Crippen LogP contribution in [-0.4, -0.2) is 2.10 Å². The van der Waals surface area contributed by atoms with Gasteiger partial charge in [-0.1, -0.05) is 14.2 Å². The molecule has 0 radical (unpaired) electrons. The number of rotatable bonds is 0. The van der Waals surface area contributed by atoms with Crippen LogP contribution >= 0.6 is 47.8 Å². The van der Waals surface area contributed by atoms with E-state index < -0.39 is 0 Å². The summed E-state index contributed by atoms with van der Waals surface area (Å²) in [4.78, 5) is 5.63. The lowest BCUT2D eigenvalue weighted by molar-refractivity contribution is -0.267. The topological polar surface area (TPSA) is 0 Å². The summed E-state index contributed by atoms with van der Waals surface area (Å²) in [5, 5.41) is 0. The molecule has 0 saturated carbocycles. The minimum Gasteiger partial charge on any atom is -0.0621 e. The van der Waals surface area contributed by atoms with E-state index in [1.54, 1.807) is 0 Å². The van der Waals surface area contributed by atoms with Gasteiger partial charge in [0.05, 0.1) is 19.6 Å². The molecule has 0 atom stereocenters. The molecule has 0 aromatic heterocycles. The van der Waals surface area contributed by atoms with Gasteiger partial charge in [0.25, 0.3) is 0 Å². The van der Waals surface area contributed by atoms with Crippen LogP contribution in [0.25, 0.3) is 0 Å². The summed E-state index contributed by atoms with van der Waals surface area (Å²) < 4.78 is 0.886. The normalized spacial score (nSPS) is 18.6. The SMILES string of the molecule is Cc1ccc2c(c1)S[N+]1(S2)Sc2ccc(C)cc2S1. The standard InChI is InChI=1S/C14H12NS4/c1-9-3-5-11-13(7-9)18-15(16-11)17-12-6-4-10(2)8-14(12)19-15/h3-8H,1-2H3/q+1. The molecule has 2 aliphatic rings. The molecule has 2 aromatic rings. The Morgan fingerprint density at radius 1 is 0.632 bits per heavy atom. The van der Waals surface area contributed by atoms with E-state index in [1.165, 1.54) is 30.7 Å². The highest BCUT2D eigenvalue weighted by Crippen LogP contribution is 2.70. The molecule has 4 rings (SSSR count). The second-order valence-corrected chi connectivity index (χ2v) is 10.8. The molecular weight excluding hydrogens is 310 g/mol. The predicted octanol–water partition coefficient (Wildman–Crippen LogP) is 5.88. The monoisotopic (exact) mass is 322 g/mol. The summed E-state index contributed by atoms with van der Waals surface area (Å²) in [5.74, 6) is 0. The second kappa shape index (κ2) is 4.40. The maximum absolute atomic E-state index is 2.30. The first-order valence-corrected chi connectivity index (χ1v) is 9.12. The zero-order valence-corrected chi connectivity index (χ0v) is 13.8. The molecular formula is C14H12NS4+. The molecule has 96 valence electrons. The van der Waals surface area contributed by atoms with E-state index in [0.717, 1.165) is 2.10 Å². The van der Waals surface area contributed by atoms with Crippen molar-refractivity contribution in [1.29, 1.82) is 0 Å². The summed E-state index contributed by atoms with van der Waals surface area (Å²) in [5.41, 5.74) is 2.68. The molecule has 1 nitrogen and oxygen atoms in total. The Balaban J connectivity index is 1.70. The Kier molecular flexibility index (Phi) is 2.90. The van der Waals surface area contributed by atoms with Crippen molar-refractivity contribution in [3.8, 4) is 0 Å². The number of benzene rings is 2. The maximum Gasteiger partial charge on any atom is 0.153 e. The largest absolute Gasteiger partial charge is 0.153 e. The number of quaternary nitrogens is 1. The molecule has 2 aliphatic heterocycles. The highest BCUT2D eigenvalue weighted by Gasteiger charge is 2.51. The maximum atomic E-state index is 2.30. The van der Waals surface area contributed by atoms with Crippen LogP contribution in [0.15, 0.2) is 56.0 Å². The minimum absolute atomic E-state index is 0.886. The quantitative estimate of drug-likeness (QED) is 0.439. The van der Waals surface area contributed by atoms with Crippen molar-refractivity contribution in [2.75, 3.05) is 0 Å². The average Bonchev–Trinajstić information content (AvgIpc) is 2.87. The van der Waals surface area contributed by atoms with E-state index in [4.69, 9.17) is 0 Å². The molecule has 0 N–H and O–H groups in total. The van der Waals surface area contributed by atoms with Crippen molar-refractivity contribution in [3.05, 3.63) is 47.5 Å². The van der Waals surface area contributed by atoms with Crippen molar-refractivity contribution in [3.63, 3.8) is 0 Å². The number of fused-ring (bicyclic) bond motifs is 2. The smallest absolute Gasteiger partial charge is 0.0621 e. The third-order valence-electron chi connectivity index (χ3n) is 3.04. The van der Waals surface area contributed by atoms with Crippen molar-refractivity contribution < 1.29 is 2.10 Å². The first-order chi connectivity index (χ1) is 9.13. The molecule has 0 aliphatic carbocycles. The van der Waals surface area contributed by atoms with Gasteiger partial charge in [-0.05, 0) is 49.2 Å². The van der Waals surface area contributed by atoms with Crippen LogP contribution in [0.1, 0.15) is 11.1 Å². The molecule has 2 aromatic carbocycles. The summed E-state index contributed by atoms with van der Waals surface area (Å²) in [7, 11) is 0. The van der Waals surface area contributed by atoms with E-state index in [-0.39, 0.29) is 0 Å². The van der Waals surface area contributed by atoms with Gasteiger partial charge in [0.2, 0.25) is 0 Å². The molecule has 0 fully saturated rings. The van der Waals surface area contributed by atoms with Crippen molar-refractivity contribution in [1.82, 2.24) is 0 Å². The average molecular weight is 323 g/mol. The van der Waals surface area contributed by atoms with Crippen LogP contribution in [0.5, 0.6) is 0 Å². The molecule has 19 heavy (non-hydrogen) atoms. The first-order valence-electron chi connectivity index (χ1n) is 6.02. The van der Waals surface area contributed by atoms with Crippen molar-refractivity contribution >= 4 is 47.8 Å². The fraction of sp³-hybridized carbons (Fsp3) is 0.143. The third-order valence-corrected chi connectivity index (χ3v) is 9.05. The predicted molar refractivity (Wildman–Crippen MR) is 86.0 cm³/mol. The van der Waals surface area contributed by atoms with Crippen LogP contribution in [-0.2, 0) is 0 Å². The summed E-state index contributed by atoms with van der Waals surface area (Å²) in [6, 6.07) is 13.5. The third kappa shape index (κ3) is 2.12. The lowest BCUT2D eigenvalue weighted by atomic mass is 10.2. The van der Waals surface area contributed by atoms with Gasteiger partial charge in [0.1, 0.15) is 0 Å². The molecule has 0 unspecified atom stereocenters. The van der Waals surface area contributed by atoms with E-state index >= 15 is 0 Å². The van der Waals surface area contributed by atoms with Gasteiger partial charge in [-0.2, -0.15) is 0 Å². The number of nitrogens with zero attached hydrogens (tertiary/aromatic N) is 1. The zero-order chi connectivity index (χ0) is 13.0. The van der Waals surface area contributed by atoms with Gasteiger partial charge in [0.15, 0.2) is 47.8 Å². The Bertz CT molecular complexity index is 624. The summed E-state index contributed by atoms with van der Waals surface area (Å²) >= 11 is 7.79. The minimum atomic E-state index is 0.886. The Morgan fingerprint density at radius 3 is 1.53 bits per heavy atom.